The summed E-state index contributed by atoms with van der Waals surface area (Å²) < 4.78 is 4.72. The van der Waals surface area contributed by atoms with E-state index in [0.717, 1.165) is 0 Å². The van der Waals surface area contributed by atoms with E-state index in [1.54, 1.807) is 6.92 Å². The highest BCUT2D eigenvalue weighted by Gasteiger charge is 2.23. The molecular weight excluding hydrogens is 277 g/mol. The van der Waals surface area contributed by atoms with Crippen LogP contribution in [0.25, 0.3) is 0 Å². The van der Waals surface area contributed by atoms with Gasteiger partial charge in [0.05, 0.1) is 28.4 Å². The molecule has 0 saturated heterocycles. The molecule has 0 atom stereocenters. The molecule has 18 heavy (non-hydrogen) atoms. The van der Waals surface area contributed by atoms with Gasteiger partial charge < -0.3 is 9.57 Å². The number of esters is 1. The summed E-state index contributed by atoms with van der Waals surface area (Å²) in [6.07, 6.45) is 0.640. The number of oxime groups is 1. The van der Waals surface area contributed by atoms with E-state index in [9.17, 15) is 4.79 Å². The molecule has 6 heteroatoms. The third kappa shape index (κ3) is 2.18. The number of halogens is 2. The second kappa shape index (κ2) is 5.16. The van der Waals surface area contributed by atoms with Crippen LogP contribution >= 0.6 is 23.2 Å². The normalized spacial score (nSPS) is 14.1. The first-order chi connectivity index (χ1) is 8.56. The first-order valence-corrected chi connectivity index (χ1v) is 6.08. The van der Waals surface area contributed by atoms with E-state index >= 15 is 0 Å². The van der Waals surface area contributed by atoms with E-state index in [-0.39, 0.29) is 0 Å². The summed E-state index contributed by atoms with van der Waals surface area (Å²) in [5, 5.41) is 4.60. The lowest BCUT2D eigenvalue weighted by molar-refractivity contribution is 0.0600. The first-order valence-electron chi connectivity index (χ1n) is 5.32. The fourth-order valence-corrected chi connectivity index (χ4v) is 2.37. The molecule has 0 fully saturated rings. The Balaban J connectivity index is 2.64. The first kappa shape index (κ1) is 13.2. The van der Waals surface area contributed by atoms with Gasteiger partial charge in [-0.05, 0) is 18.6 Å². The number of carbonyl (C=O) groups excluding carboxylic acids is 1. The molecule has 0 spiro atoms. The minimum absolute atomic E-state index is 0.298. The van der Waals surface area contributed by atoms with Crippen LogP contribution in [0.4, 0.5) is 0 Å². The quantitative estimate of drug-likeness (QED) is 0.785. The van der Waals surface area contributed by atoms with Gasteiger partial charge in [0.15, 0.2) is 0 Å². The third-order valence-electron chi connectivity index (χ3n) is 2.78. The van der Waals surface area contributed by atoms with Gasteiger partial charge in [-0.3, -0.25) is 0 Å². The molecule has 0 bridgehead atoms. The Morgan fingerprint density at radius 2 is 2.22 bits per heavy atom. The summed E-state index contributed by atoms with van der Waals surface area (Å²) in [6, 6.07) is 1.50. The highest BCUT2D eigenvalue weighted by molar-refractivity contribution is 6.44. The Bertz CT molecular complexity index is 541. The SMILES string of the molecule is COC(=O)c1cc(Cl)c(Cl)c(C2=NOCC2)c1C. The van der Waals surface area contributed by atoms with Gasteiger partial charge in [-0.25, -0.2) is 4.79 Å². The van der Waals surface area contributed by atoms with E-state index in [1.807, 2.05) is 0 Å². The zero-order valence-corrected chi connectivity index (χ0v) is 11.4. The maximum atomic E-state index is 11.7. The molecule has 4 nitrogen and oxygen atoms in total. The number of rotatable bonds is 2. The summed E-state index contributed by atoms with van der Waals surface area (Å²) in [5.74, 6) is -0.452. The van der Waals surface area contributed by atoms with Crippen molar-refractivity contribution >= 4 is 34.9 Å². The standard InChI is InChI=1S/C12H11Cl2NO3/c1-6-7(12(16)17-2)5-8(13)11(14)10(6)9-3-4-18-15-9/h5H,3-4H2,1-2H3. The molecule has 1 aliphatic heterocycles. The van der Waals surface area contributed by atoms with E-state index in [1.165, 1.54) is 13.2 Å². The van der Waals surface area contributed by atoms with Crippen LogP contribution in [-0.4, -0.2) is 25.4 Å². The molecule has 0 amide bonds. The lowest BCUT2D eigenvalue weighted by Crippen LogP contribution is -2.10. The molecule has 2 rings (SSSR count). The van der Waals surface area contributed by atoms with Crippen LogP contribution in [0.5, 0.6) is 0 Å². The van der Waals surface area contributed by atoms with Gasteiger partial charge in [0.25, 0.3) is 0 Å². The minimum Gasteiger partial charge on any atom is -0.465 e. The van der Waals surface area contributed by atoms with Crippen LogP contribution in [0.1, 0.15) is 27.9 Å². The van der Waals surface area contributed by atoms with Crippen molar-refractivity contribution in [1.29, 1.82) is 0 Å². The second-order valence-corrected chi connectivity index (χ2v) is 4.62. The fraction of sp³-hybridized carbons (Fsp3) is 0.333. The predicted molar refractivity (Wildman–Crippen MR) is 69.6 cm³/mol. The highest BCUT2D eigenvalue weighted by atomic mass is 35.5. The van der Waals surface area contributed by atoms with Crippen LogP contribution in [0.3, 0.4) is 0 Å². The van der Waals surface area contributed by atoms with Gasteiger partial charge in [0.1, 0.15) is 6.61 Å². The average Bonchev–Trinajstić information content (AvgIpc) is 2.87. The molecule has 1 aliphatic rings. The van der Waals surface area contributed by atoms with Crippen LogP contribution in [0.2, 0.25) is 10.0 Å². The van der Waals surface area contributed by atoms with Gasteiger partial charge in [-0.2, -0.15) is 0 Å². The Hall–Kier alpha value is -1.26. The highest BCUT2D eigenvalue weighted by Crippen LogP contribution is 2.33. The second-order valence-electron chi connectivity index (χ2n) is 3.83. The zero-order valence-electron chi connectivity index (χ0n) is 9.92. The fourth-order valence-electron chi connectivity index (χ4n) is 1.86. The zero-order chi connectivity index (χ0) is 13.3. The minimum atomic E-state index is -0.452. The van der Waals surface area contributed by atoms with Gasteiger partial charge in [-0.1, -0.05) is 28.4 Å². The van der Waals surface area contributed by atoms with Crippen LogP contribution in [-0.2, 0) is 9.57 Å². The number of hydrogen-bond acceptors (Lipinski definition) is 4. The van der Waals surface area contributed by atoms with Crippen molar-refractivity contribution in [2.75, 3.05) is 13.7 Å². The van der Waals surface area contributed by atoms with Crippen LogP contribution < -0.4 is 0 Å². The maximum Gasteiger partial charge on any atom is 0.338 e. The van der Waals surface area contributed by atoms with Crippen molar-refractivity contribution in [3.05, 3.63) is 32.8 Å². The molecule has 0 unspecified atom stereocenters. The molecule has 0 aromatic heterocycles. The Morgan fingerprint density at radius 3 is 2.78 bits per heavy atom. The molecule has 1 aromatic rings. The summed E-state index contributed by atoms with van der Waals surface area (Å²) >= 11 is 12.2. The molecule has 1 heterocycles. The monoisotopic (exact) mass is 287 g/mol. The number of ether oxygens (including phenoxy) is 1. The van der Waals surface area contributed by atoms with Crippen LogP contribution in [0, 0.1) is 6.92 Å². The lowest BCUT2D eigenvalue weighted by Gasteiger charge is -2.12. The summed E-state index contributed by atoms with van der Waals surface area (Å²) in [5.41, 5.74) is 2.43. The van der Waals surface area contributed by atoms with Gasteiger partial charge in [0.2, 0.25) is 0 Å². The van der Waals surface area contributed by atoms with E-state index in [4.69, 9.17) is 32.8 Å². The Labute approximate surface area is 114 Å². The van der Waals surface area contributed by atoms with Crippen molar-refractivity contribution in [1.82, 2.24) is 0 Å². The van der Waals surface area contributed by atoms with Crippen molar-refractivity contribution < 1.29 is 14.4 Å². The van der Waals surface area contributed by atoms with E-state index in [2.05, 4.69) is 5.16 Å². The molecule has 0 aliphatic carbocycles. The summed E-state index contributed by atoms with van der Waals surface area (Å²) in [4.78, 5) is 16.6. The van der Waals surface area contributed by atoms with E-state index in [0.29, 0.717) is 45.5 Å². The summed E-state index contributed by atoms with van der Waals surface area (Å²) in [7, 11) is 1.32. The summed E-state index contributed by atoms with van der Waals surface area (Å²) in [6.45, 7) is 2.29. The number of methoxy groups -OCH3 is 1. The molecule has 96 valence electrons. The van der Waals surface area contributed by atoms with Crippen molar-refractivity contribution in [2.24, 2.45) is 5.16 Å². The molecular formula is C12H11Cl2NO3. The molecule has 0 N–H and O–H groups in total. The van der Waals surface area contributed by atoms with E-state index < -0.39 is 5.97 Å². The Morgan fingerprint density at radius 1 is 1.50 bits per heavy atom. The van der Waals surface area contributed by atoms with Crippen molar-refractivity contribution in [2.45, 2.75) is 13.3 Å². The number of benzene rings is 1. The van der Waals surface area contributed by atoms with Crippen LogP contribution in [0.15, 0.2) is 11.2 Å². The lowest BCUT2D eigenvalue weighted by atomic mass is 9.97. The number of hydrogen-bond donors (Lipinski definition) is 0. The molecule has 0 radical (unpaired) electrons. The third-order valence-corrected chi connectivity index (χ3v) is 3.57. The topological polar surface area (TPSA) is 47.9 Å². The number of nitrogens with zero attached hydrogens (tertiary/aromatic N) is 1. The Kier molecular flexibility index (Phi) is 3.78. The van der Waals surface area contributed by atoms with Gasteiger partial charge in [-0.15, -0.1) is 0 Å². The predicted octanol–water partition coefficient (Wildman–Crippen LogP) is 3.21. The molecule has 0 saturated carbocycles. The largest absolute Gasteiger partial charge is 0.465 e. The van der Waals surface area contributed by atoms with Gasteiger partial charge in [0, 0.05) is 12.0 Å². The van der Waals surface area contributed by atoms with Crippen molar-refractivity contribution in [3.63, 3.8) is 0 Å². The average molecular weight is 288 g/mol. The maximum absolute atomic E-state index is 11.7. The molecule has 1 aromatic carbocycles. The number of carbonyl (C=O) groups is 1. The van der Waals surface area contributed by atoms with Gasteiger partial charge >= 0.3 is 5.97 Å². The van der Waals surface area contributed by atoms with Crippen molar-refractivity contribution in [3.8, 4) is 0 Å². The smallest absolute Gasteiger partial charge is 0.338 e.